The summed E-state index contributed by atoms with van der Waals surface area (Å²) < 4.78 is 11.5. The van der Waals surface area contributed by atoms with Gasteiger partial charge in [0.25, 0.3) is 0 Å². The van der Waals surface area contributed by atoms with Crippen molar-refractivity contribution < 1.29 is 19.1 Å². The molecule has 2 fully saturated rings. The number of hydrogen-bond acceptors (Lipinski definition) is 4. The zero-order valence-electron chi connectivity index (χ0n) is 13.8. The molecule has 0 aromatic heterocycles. The Kier molecular flexibility index (Phi) is 4.26. The highest BCUT2D eigenvalue weighted by Gasteiger charge is 2.52. The van der Waals surface area contributed by atoms with E-state index in [1.165, 1.54) is 0 Å². The Bertz CT molecular complexity index is 756. The summed E-state index contributed by atoms with van der Waals surface area (Å²) in [6.45, 7) is 0. The van der Waals surface area contributed by atoms with Crippen LogP contribution >= 0.6 is 0 Å². The highest BCUT2D eigenvalue weighted by molar-refractivity contribution is 5.90. The van der Waals surface area contributed by atoms with Gasteiger partial charge < -0.3 is 9.47 Å². The Hall–Kier alpha value is -2.62. The van der Waals surface area contributed by atoms with Gasteiger partial charge in [0.1, 0.15) is 12.2 Å². The van der Waals surface area contributed by atoms with E-state index in [1.54, 1.807) is 24.3 Å². The van der Waals surface area contributed by atoms with E-state index in [0.717, 1.165) is 19.3 Å². The van der Waals surface area contributed by atoms with Crippen LogP contribution in [-0.2, 0) is 9.47 Å². The van der Waals surface area contributed by atoms with Crippen LogP contribution in [0.25, 0.3) is 0 Å². The van der Waals surface area contributed by atoms with Crippen LogP contribution in [0.4, 0.5) is 0 Å². The smallest absolute Gasteiger partial charge is 0.338 e. The van der Waals surface area contributed by atoms with Crippen LogP contribution in [0.1, 0.15) is 40.0 Å². The lowest BCUT2D eigenvalue weighted by Crippen LogP contribution is -2.28. The first-order chi connectivity index (χ1) is 12.2. The topological polar surface area (TPSA) is 52.6 Å². The lowest BCUT2D eigenvalue weighted by Gasteiger charge is -2.22. The van der Waals surface area contributed by atoms with E-state index < -0.39 is 0 Å². The van der Waals surface area contributed by atoms with Crippen molar-refractivity contribution in [1.82, 2.24) is 0 Å². The number of fused-ring (bicyclic) bond motifs is 2. The molecule has 2 bridgehead atoms. The van der Waals surface area contributed by atoms with Crippen LogP contribution in [0.3, 0.4) is 0 Å². The maximum Gasteiger partial charge on any atom is 0.338 e. The SMILES string of the molecule is O=C(OC1CC2CCC1C2OC(=O)c1ccccc1)c1ccccc1. The highest BCUT2D eigenvalue weighted by Crippen LogP contribution is 2.48. The third kappa shape index (κ3) is 3.16. The summed E-state index contributed by atoms with van der Waals surface area (Å²) in [6.07, 6.45) is 2.41. The summed E-state index contributed by atoms with van der Waals surface area (Å²) in [5.41, 5.74) is 1.12. The standard InChI is InChI=1S/C21H20O4/c22-20(14-7-3-1-4-8-14)24-18-13-16-11-12-17(18)19(16)25-21(23)15-9-5-2-6-10-15/h1-10,16-19H,11-13H2. The van der Waals surface area contributed by atoms with E-state index in [-0.39, 0.29) is 36.0 Å². The van der Waals surface area contributed by atoms with Gasteiger partial charge in [-0.2, -0.15) is 0 Å². The largest absolute Gasteiger partial charge is 0.458 e. The number of hydrogen-bond donors (Lipinski definition) is 0. The first-order valence-electron chi connectivity index (χ1n) is 8.74. The predicted octanol–water partition coefficient (Wildman–Crippen LogP) is 3.87. The molecule has 0 spiro atoms. The van der Waals surface area contributed by atoms with E-state index in [4.69, 9.17) is 9.47 Å². The normalized spacial score (nSPS) is 27.0. The minimum atomic E-state index is -0.300. The Balaban J connectivity index is 1.41. The van der Waals surface area contributed by atoms with Crippen LogP contribution in [-0.4, -0.2) is 24.1 Å². The average Bonchev–Trinajstić information content (AvgIpc) is 3.19. The molecule has 4 heteroatoms. The van der Waals surface area contributed by atoms with Crippen LogP contribution in [0.2, 0.25) is 0 Å². The Morgan fingerprint density at radius 1 is 0.760 bits per heavy atom. The van der Waals surface area contributed by atoms with Crippen molar-refractivity contribution in [2.24, 2.45) is 11.8 Å². The highest BCUT2D eigenvalue weighted by atomic mass is 16.6. The van der Waals surface area contributed by atoms with Gasteiger partial charge >= 0.3 is 11.9 Å². The molecule has 2 aromatic carbocycles. The van der Waals surface area contributed by atoms with Crippen molar-refractivity contribution in [2.45, 2.75) is 31.5 Å². The van der Waals surface area contributed by atoms with Gasteiger partial charge in [0, 0.05) is 5.92 Å². The first kappa shape index (κ1) is 15.9. The summed E-state index contributed by atoms with van der Waals surface area (Å²) >= 11 is 0. The molecule has 4 unspecified atom stereocenters. The molecular formula is C21H20O4. The molecule has 2 saturated carbocycles. The van der Waals surface area contributed by atoms with Crippen molar-refractivity contribution in [3.63, 3.8) is 0 Å². The van der Waals surface area contributed by atoms with Crippen molar-refractivity contribution >= 4 is 11.9 Å². The molecule has 25 heavy (non-hydrogen) atoms. The Labute approximate surface area is 146 Å². The number of esters is 2. The van der Waals surface area contributed by atoms with Crippen LogP contribution in [0.15, 0.2) is 60.7 Å². The fraction of sp³-hybridized carbons (Fsp3) is 0.333. The van der Waals surface area contributed by atoms with Crippen LogP contribution in [0, 0.1) is 11.8 Å². The fourth-order valence-corrected chi connectivity index (χ4v) is 4.07. The van der Waals surface area contributed by atoms with Crippen molar-refractivity contribution in [3.8, 4) is 0 Å². The minimum Gasteiger partial charge on any atom is -0.458 e. The molecule has 0 amide bonds. The van der Waals surface area contributed by atoms with Crippen LogP contribution in [0.5, 0.6) is 0 Å². The molecule has 2 aliphatic rings. The summed E-state index contributed by atoms with van der Waals surface area (Å²) in [6, 6.07) is 18.0. The van der Waals surface area contributed by atoms with E-state index in [0.29, 0.717) is 11.1 Å². The molecule has 0 radical (unpaired) electrons. The summed E-state index contributed by atoms with van der Waals surface area (Å²) in [7, 11) is 0. The fourth-order valence-electron chi connectivity index (χ4n) is 4.07. The van der Waals surface area contributed by atoms with E-state index in [2.05, 4.69) is 0 Å². The van der Waals surface area contributed by atoms with Gasteiger partial charge in [0.2, 0.25) is 0 Å². The molecule has 4 nitrogen and oxygen atoms in total. The molecule has 0 saturated heterocycles. The number of rotatable bonds is 4. The summed E-state index contributed by atoms with van der Waals surface area (Å²) in [4.78, 5) is 24.6. The first-order valence-corrected chi connectivity index (χ1v) is 8.74. The zero-order valence-corrected chi connectivity index (χ0v) is 13.8. The quantitative estimate of drug-likeness (QED) is 0.796. The van der Waals surface area contributed by atoms with Crippen molar-refractivity contribution in [3.05, 3.63) is 71.8 Å². The second kappa shape index (κ2) is 6.71. The maximum atomic E-state index is 12.3. The van der Waals surface area contributed by atoms with Crippen molar-refractivity contribution in [1.29, 1.82) is 0 Å². The Morgan fingerprint density at radius 2 is 1.32 bits per heavy atom. The maximum absolute atomic E-state index is 12.3. The second-order valence-electron chi connectivity index (χ2n) is 6.78. The van der Waals surface area contributed by atoms with Gasteiger partial charge in [-0.05, 0) is 49.4 Å². The molecular weight excluding hydrogens is 316 g/mol. The predicted molar refractivity (Wildman–Crippen MR) is 92.1 cm³/mol. The lowest BCUT2D eigenvalue weighted by atomic mass is 9.98. The van der Waals surface area contributed by atoms with Crippen LogP contribution < -0.4 is 0 Å². The van der Waals surface area contributed by atoms with Gasteiger partial charge in [-0.3, -0.25) is 0 Å². The number of carbonyl (C=O) groups excluding carboxylic acids is 2. The van der Waals surface area contributed by atoms with Gasteiger partial charge in [-0.25, -0.2) is 9.59 Å². The van der Waals surface area contributed by atoms with E-state index >= 15 is 0 Å². The number of benzene rings is 2. The van der Waals surface area contributed by atoms with Crippen molar-refractivity contribution in [2.75, 3.05) is 0 Å². The minimum absolute atomic E-state index is 0.102. The average molecular weight is 336 g/mol. The molecule has 128 valence electrons. The number of carbonyl (C=O) groups is 2. The molecule has 4 atom stereocenters. The molecule has 2 aliphatic carbocycles. The lowest BCUT2D eigenvalue weighted by molar-refractivity contribution is -0.00210. The summed E-state index contributed by atoms with van der Waals surface area (Å²) in [5, 5.41) is 0. The zero-order chi connectivity index (χ0) is 17.2. The van der Waals surface area contributed by atoms with E-state index in [9.17, 15) is 9.59 Å². The van der Waals surface area contributed by atoms with Gasteiger partial charge in [-0.1, -0.05) is 36.4 Å². The molecule has 0 N–H and O–H groups in total. The van der Waals surface area contributed by atoms with Gasteiger partial charge in [0.05, 0.1) is 11.1 Å². The molecule has 0 heterocycles. The summed E-state index contributed by atoms with van der Waals surface area (Å²) in [5.74, 6) is -0.208. The van der Waals surface area contributed by atoms with E-state index in [1.807, 2.05) is 36.4 Å². The third-order valence-electron chi connectivity index (χ3n) is 5.29. The second-order valence-corrected chi connectivity index (χ2v) is 6.78. The third-order valence-corrected chi connectivity index (χ3v) is 5.29. The van der Waals surface area contributed by atoms with Gasteiger partial charge in [-0.15, -0.1) is 0 Å². The molecule has 0 aliphatic heterocycles. The number of ether oxygens (including phenoxy) is 2. The molecule has 4 rings (SSSR count). The molecule has 2 aromatic rings. The van der Waals surface area contributed by atoms with Gasteiger partial charge in [0.15, 0.2) is 0 Å². The monoisotopic (exact) mass is 336 g/mol. The Morgan fingerprint density at radius 3 is 1.92 bits per heavy atom.